The number of rotatable bonds is 7. The van der Waals surface area contributed by atoms with E-state index in [0.29, 0.717) is 0 Å². The Bertz CT molecular complexity index is 171. The van der Waals surface area contributed by atoms with Gasteiger partial charge in [0.1, 0.15) is 0 Å². The Labute approximate surface area is 93.7 Å². The van der Waals surface area contributed by atoms with Crippen LogP contribution in [0.5, 0.6) is 0 Å². The van der Waals surface area contributed by atoms with E-state index in [1.54, 1.807) is 0 Å². The summed E-state index contributed by atoms with van der Waals surface area (Å²) < 4.78 is 0. The molecule has 1 atom stereocenters. The van der Waals surface area contributed by atoms with E-state index in [2.05, 4.69) is 24.5 Å². The van der Waals surface area contributed by atoms with Gasteiger partial charge in [-0.2, -0.15) is 12.6 Å². The lowest BCUT2D eigenvalue weighted by molar-refractivity contribution is 0.218. The Morgan fingerprint density at radius 1 is 1.29 bits per heavy atom. The van der Waals surface area contributed by atoms with Crippen molar-refractivity contribution in [3.8, 4) is 0 Å². The van der Waals surface area contributed by atoms with Crippen molar-refractivity contribution in [2.45, 2.75) is 45.1 Å². The molecule has 14 heavy (non-hydrogen) atoms. The Kier molecular flexibility index (Phi) is 3.78. The van der Waals surface area contributed by atoms with E-state index in [1.165, 1.54) is 45.2 Å². The van der Waals surface area contributed by atoms with Crippen molar-refractivity contribution in [1.82, 2.24) is 4.90 Å². The second-order valence-corrected chi connectivity index (χ2v) is 5.45. The Hall–Kier alpha value is 0.310. The lowest BCUT2D eigenvalue weighted by Gasteiger charge is -2.26. The zero-order valence-electron chi connectivity index (χ0n) is 9.28. The molecule has 0 aromatic heterocycles. The number of hydrogen-bond donors (Lipinski definition) is 1. The molecule has 0 N–H and O–H groups in total. The van der Waals surface area contributed by atoms with Crippen LogP contribution in [0.4, 0.5) is 0 Å². The molecule has 0 aliphatic heterocycles. The molecule has 2 aliphatic carbocycles. The van der Waals surface area contributed by atoms with Crippen molar-refractivity contribution >= 4 is 12.6 Å². The lowest BCUT2D eigenvalue weighted by Crippen LogP contribution is -2.33. The standard InChI is InChI=1S/C12H23NS/c1-2-10(9-14)7-13(12-5-6-12)8-11-3-4-11/h10-12,14H,2-9H2,1H3. The fourth-order valence-electron chi connectivity index (χ4n) is 2.09. The fourth-order valence-corrected chi connectivity index (χ4v) is 2.47. The van der Waals surface area contributed by atoms with E-state index >= 15 is 0 Å². The van der Waals surface area contributed by atoms with Gasteiger partial charge in [0.2, 0.25) is 0 Å². The SMILES string of the molecule is CCC(CS)CN(CC1CC1)C1CC1. The third-order valence-corrected chi connectivity index (χ3v) is 4.10. The average molecular weight is 213 g/mol. The van der Waals surface area contributed by atoms with Crippen LogP contribution in [0.1, 0.15) is 39.0 Å². The summed E-state index contributed by atoms with van der Waals surface area (Å²) in [5.41, 5.74) is 0. The van der Waals surface area contributed by atoms with Crippen LogP contribution >= 0.6 is 12.6 Å². The molecule has 0 amide bonds. The van der Waals surface area contributed by atoms with Crippen molar-refractivity contribution in [2.75, 3.05) is 18.8 Å². The minimum atomic E-state index is 0.817. The predicted molar refractivity (Wildman–Crippen MR) is 65.0 cm³/mol. The molecule has 0 aromatic rings. The van der Waals surface area contributed by atoms with E-state index in [-0.39, 0.29) is 0 Å². The highest BCUT2D eigenvalue weighted by Crippen LogP contribution is 2.35. The highest BCUT2D eigenvalue weighted by Gasteiger charge is 2.34. The Balaban J connectivity index is 1.76. The van der Waals surface area contributed by atoms with Crippen molar-refractivity contribution in [2.24, 2.45) is 11.8 Å². The maximum atomic E-state index is 4.44. The van der Waals surface area contributed by atoms with Crippen molar-refractivity contribution in [3.63, 3.8) is 0 Å². The number of hydrogen-bond acceptors (Lipinski definition) is 2. The van der Waals surface area contributed by atoms with Crippen molar-refractivity contribution in [1.29, 1.82) is 0 Å². The first-order chi connectivity index (χ1) is 6.83. The third-order valence-electron chi connectivity index (χ3n) is 3.58. The fraction of sp³-hybridized carbons (Fsp3) is 1.00. The molecule has 0 heterocycles. The summed E-state index contributed by atoms with van der Waals surface area (Å²) in [6, 6.07) is 0.949. The molecule has 2 saturated carbocycles. The number of thiol groups is 1. The third kappa shape index (κ3) is 3.16. The van der Waals surface area contributed by atoms with Gasteiger partial charge < -0.3 is 0 Å². The van der Waals surface area contributed by atoms with Crippen LogP contribution in [0.15, 0.2) is 0 Å². The van der Waals surface area contributed by atoms with Gasteiger partial charge in [-0.3, -0.25) is 4.90 Å². The first-order valence-corrected chi connectivity index (χ1v) is 6.81. The van der Waals surface area contributed by atoms with Gasteiger partial charge >= 0.3 is 0 Å². The molecule has 2 heteroatoms. The summed E-state index contributed by atoms with van der Waals surface area (Å²) in [6.45, 7) is 4.99. The van der Waals surface area contributed by atoms with Crippen LogP contribution in [0.3, 0.4) is 0 Å². The minimum absolute atomic E-state index is 0.817. The zero-order chi connectivity index (χ0) is 9.97. The second-order valence-electron chi connectivity index (χ2n) is 5.09. The van der Waals surface area contributed by atoms with Crippen molar-refractivity contribution in [3.05, 3.63) is 0 Å². The summed E-state index contributed by atoms with van der Waals surface area (Å²) in [6.07, 6.45) is 7.17. The Morgan fingerprint density at radius 2 is 2.00 bits per heavy atom. The maximum absolute atomic E-state index is 4.44. The average Bonchev–Trinajstić information content (AvgIpc) is 3.03. The second kappa shape index (κ2) is 4.89. The van der Waals surface area contributed by atoms with Crippen LogP contribution in [0.2, 0.25) is 0 Å². The topological polar surface area (TPSA) is 3.24 Å². The number of nitrogens with zero attached hydrogens (tertiary/aromatic N) is 1. The van der Waals surface area contributed by atoms with E-state index in [1.807, 2.05) is 0 Å². The zero-order valence-corrected chi connectivity index (χ0v) is 10.2. The molecular weight excluding hydrogens is 190 g/mol. The predicted octanol–water partition coefficient (Wildman–Crippen LogP) is 2.82. The molecule has 1 unspecified atom stereocenters. The monoisotopic (exact) mass is 213 g/mol. The summed E-state index contributed by atoms with van der Waals surface area (Å²) in [5.74, 6) is 2.93. The van der Waals surface area contributed by atoms with Gasteiger partial charge in [-0.1, -0.05) is 13.3 Å². The highest BCUT2D eigenvalue weighted by atomic mass is 32.1. The molecule has 0 bridgehead atoms. The van der Waals surface area contributed by atoms with E-state index < -0.39 is 0 Å². The molecule has 82 valence electrons. The van der Waals surface area contributed by atoms with Crippen molar-refractivity contribution < 1.29 is 0 Å². The summed E-state index contributed by atoms with van der Waals surface area (Å²) in [7, 11) is 0. The summed E-state index contributed by atoms with van der Waals surface area (Å²) >= 11 is 4.44. The van der Waals surface area contributed by atoms with E-state index in [9.17, 15) is 0 Å². The Morgan fingerprint density at radius 3 is 2.43 bits per heavy atom. The minimum Gasteiger partial charge on any atom is -0.300 e. The van der Waals surface area contributed by atoms with Gasteiger partial charge in [0.15, 0.2) is 0 Å². The van der Waals surface area contributed by atoms with Crippen LogP contribution in [0.25, 0.3) is 0 Å². The molecule has 1 nitrogen and oxygen atoms in total. The summed E-state index contributed by atoms with van der Waals surface area (Å²) in [4.78, 5) is 2.75. The first kappa shape index (κ1) is 10.8. The van der Waals surface area contributed by atoms with Crippen LogP contribution in [-0.4, -0.2) is 29.8 Å². The van der Waals surface area contributed by atoms with E-state index in [0.717, 1.165) is 23.6 Å². The molecule has 0 spiro atoms. The molecule has 0 aromatic carbocycles. The normalized spacial score (nSPS) is 24.2. The summed E-state index contributed by atoms with van der Waals surface area (Å²) in [5, 5.41) is 0. The van der Waals surface area contributed by atoms with Crippen LogP contribution < -0.4 is 0 Å². The molecular formula is C12H23NS. The smallest absolute Gasteiger partial charge is 0.00966 e. The molecule has 2 fully saturated rings. The molecule has 0 radical (unpaired) electrons. The van der Waals surface area contributed by atoms with E-state index in [4.69, 9.17) is 0 Å². The lowest BCUT2D eigenvalue weighted by atomic mass is 10.1. The quantitative estimate of drug-likeness (QED) is 0.637. The van der Waals surface area contributed by atoms with Crippen LogP contribution in [-0.2, 0) is 0 Å². The van der Waals surface area contributed by atoms with Gasteiger partial charge in [0, 0.05) is 19.1 Å². The molecule has 0 saturated heterocycles. The van der Waals surface area contributed by atoms with Gasteiger partial charge in [-0.25, -0.2) is 0 Å². The maximum Gasteiger partial charge on any atom is 0.00966 e. The highest BCUT2D eigenvalue weighted by molar-refractivity contribution is 7.80. The van der Waals surface area contributed by atoms with Gasteiger partial charge in [-0.05, 0) is 43.3 Å². The first-order valence-electron chi connectivity index (χ1n) is 6.18. The molecule has 2 aliphatic rings. The molecule has 2 rings (SSSR count). The van der Waals surface area contributed by atoms with Gasteiger partial charge in [-0.15, -0.1) is 0 Å². The van der Waals surface area contributed by atoms with Gasteiger partial charge in [0.05, 0.1) is 0 Å². The van der Waals surface area contributed by atoms with Gasteiger partial charge in [0.25, 0.3) is 0 Å². The van der Waals surface area contributed by atoms with Crippen LogP contribution in [0, 0.1) is 11.8 Å². The largest absolute Gasteiger partial charge is 0.300 e.